The summed E-state index contributed by atoms with van der Waals surface area (Å²) in [7, 11) is 0. The van der Waals surface area contributed by atoms with Gasteiger partial charge in [-0.3, -0.25) is 4.79 Å². The lowest BCUT2D eigenvalue weighted by Crippen LogP contribution is -2.60. The van der Waals surface area contributed by atoms with Gasteiger partial charge in [0, 0.05) is 6.42 Å². The molecule has 0 aromatic carbocycles. The molecule has 0 aliphatic carbocycles. The molecule has 0 aromatic heterocycles. The first-order valence-electron chi connectivity index (χ1n) is 36.4. The number of carbonyl (C=O) groups excluding carboxylic acids is 1. The van der Waals surface area contributed by atoms with Crippen LogP contribution in [0.15, 0.2) is 12.2 Å². The molecular formula is C72H141NO8. The summed E-state index contributed by atoms with van der Waals surface area (Å²) in [5.41, 5.74) is 0. The molecule has 9 nitrogen and oxygen atoms in total. The molecule has 1 saturated heterocycles. The van der Waals surface area contributed by atoms with Crippen molar-refractivity contribution in [3.05, 3.63) is 12.2 Å². The van der Waals surface area contributed by atoms with Crippen LogP contribution >= 0.6 is 0 Å². The highest BCUT2D eigenvalue weighted by atomic mass is 16.7. The van der Waals surface area contributed by atoms with Gasteiger partial charge in [-0.1, -0.05) is 373 Å². The van der Waals surface area contributed by atoms with E-state index in [2.05, 4.69) is 19.2 Å². The Labute approximate surface area is 503 Å². The van der Waals surface area contributed by atoms with E-state index in [1.807, 2.05) is 6.08 Å². The summed E-state index contributed by atoms with van der Waals surface area (Å²) in [4.78, 5) is 13.1. The Bertz CT molecular complexity index is 1280. The van der Waals surface area contributed by atoms with Crippen LogP contribution in [0, 0.1) is 0 Å². The summed E-state index contributed by atoms with van der Waals surface area (Å²) in [6.07, 6.45) is 73.5. The van der Waals surface area contributed by atoms with Crippen molar-refractivity contribution < 1.29 is 39.8 Å². The molecule has 1 amide bonds. The van der Waals surface area contributed by atoms with Crippen LogP contribution in [0.25, 0.3) is 0 Å². The first-order chi connectivity index (χ1) is 39.8. The molecule has 1 rings (SSSR count). The Morgan fingerprint density at radius 3 is 0.963 bits per heavy atom. The summed E-state index contributed by atoms with van der Waals surface area (Å²) >= 11 is 0. The van der Waals surface area contributed by atoms with Crippen LogP contribution in [-0.4, -0.2) is 87.5 Å². The highest BCUT2D eigenvalue weighted by Crippen LogP contribution is 2.24. The number of amides is 1. The number of aliphatic hydroxyl groups excluding tert-OH is 5. The predicted molar refractivity (Wildman–Crippen MR) is 346 cm³/mol. The molecule has 7 atom stereocenters. The Morgan fingerprint density at radius 1 is 0.407 bits per heavy atom. The van der Waals surface area contributed by atoms with Crippen molar-refractivity contribution >= 4 is 5.91 Å². The minimum Gasteiger partial charge on any atom is -0.394 e. The fraction of sp³-hybridized carbons (Fsp3) is 0.958. The number of hydrogen-bond acceptors (Lipinski definition) is 8. The van der Waals surface area contributed by atoms with Crippen LogP contribution in [0.5, 0.6) is 0 Å². The van der Waals surface area contributed by atoms with Gasteiger partial charge < -0.3 is 40.3 Å². The number of rotatable bonds is 65. The van der Waals surface area contributed by atoms with Gasteiger partial charge in [0.1, 0.15) is 24.4 Å². The highest BCUT2D eigenvalue weighted by Gasteiger charge is 2.44. The second kappa shape index (κ2) is 62.0. The average Bonchev–Trinajstić information content (AvgIpc) is 3.47. The van der Waals surface area contributed by atoms with E-state index in [1.165, 1.54) is 327 Å². The Morgan fingerprint density at radius 2 is 0.679 bits per heavy atom. The number of nitrogens with one attached hydrogen (secondary N) is 1. The monoisotopic (exact) mass is 1150 g/mol. The molecule has 1 heterocycles. The zero-order valence-electron chi connectivity index (χ0n) is 54.1. The van der Waals surface area contributed by atoms with Gasteiger partial charge in [0.05, 0.1) is 25.4 Å². The van der Waals surface area contributed by atoms with E-state index in [0.29, 0.717) is 6.42 Å². The zero-order chi connectivity index (χ0) is 58.6. The first kappa shape index (κ1) is 77.9. The molecule has 6 N–H and O–H groups in total. The molecule has 81 heavy (non-hydrogen) atoms. The summed E-state index contributed by atoms with van der Waals surface area (Å²) in [6, 6.07) is -0.802. The predicted octanol–water partition coefficient (Wildman–Crippen LogP) is 19.9. The number of unbranched alkanes of at least 4 members (excludes halogenated alkanes) is 55. The number of aliphatic hydroxyl groups is 5. The Hall–Kier alpha value is -1.07. The maximum Gasteiger partial charge on any atom is 0.220 e. The molecule has 0 bridgehead atoms. The van der Waals surface area contributed by atoms with Crippen molar-refractivity contribution in [1.29, 1.82) is 0 Å². The lowest BCUT2D eigenvalue weighted by molar-refractivity contribution is -0.302. The molecule has 1 fully saturated rings. The van der Waals surface area contributed by atoms with E-state index in [9.17, 15) is 30.3 Å². The van der Waals surface area contributed by atoms with Crippen LogP contribution < -0.4 is 5.32 Å². The zero-order valence-corrected chi connectivity index (χ0v) is 54.1. The van der Waals surface area contributed by atoms with Gasteiger partial charge >= 0.3 is 0 Å². The summed E-state index contributed by atoms with van der Waals surface area (Å²) in [5.74, 6) is -0.167. The summed E-state index contributed by atoms with van der Waals surface area (Å²) in [5, 5.41) is 54.7. The van der Waals surface area contributed by atoms with Crippen LogP contribution in [-0.2, 0) is 14.3 Å². The fourth-order valence-corrected chi connectivity index (χ4v) is 12.2. The third kappa shape index (κ3) is 50.8. The Balaban J connectivity index is 2.04. The normalized spacial score (nSPS) is 18.3. The smallest absolute Gasteiger partial charge is 0.220 e. The Kier molecular flexibility index (Phi) is 59.7. The molecule has 7 unspecified atom stereocenters. The number of hydrogen-bond donors (Lipinski definition) is 6. The molecule has 1 aliphatic rings. The van der Waals surface area contributed by atoms with E-state index in [1.54, 1.807) is 6.08 Å². The van der Waals surface area contributed by atoms with E-state index in [4.69, 9.17) is 9.47 Å². The molecule has 482 valence electrons. The van der Waals surface area contributed by atoms with Gasteiger partial charge in [0.2, 0.25) is 5.91 Å². The van der Waals surface area contributed by atoms with Crippen LogP contribution in [0.4, 0.5) is 0 Å². The van der Waals surface area contributed by atoms with Crippen molar-refractivity contribution in [2.24, 2.45) is 0 Å². The van der Waals surface area contributed by atoms with Gasteiger partial charge in [-0.15, -0.1) is 0 Å². The topological polar surface area (TPSA) is 149 Å². The molecular weight excluding hydrogens is 1010 g/mol. The average molecular weight is 1150 g/mol. The third-order valence-electron chi connectivity index (χ3n) is 17.9. The maximum atomic E-state index is 13.1. The van der Waals surface area contributed by atoms with Crippen LogP contribution in [0.2, 0.25) is 0 Å². The molecule has 0 aromatic rings. The summed E-state index contributed by atoms with van der Waals surface area (Å²) in [6.45, 7) is 3.84. The number of carbonyl (C=O) groups is 1. The van der Waals surface area contributed by atoms with Crippen molar-refractivity contribution in [1.82, 2.24) is 5.32 Å². The molecule has 0 spiro atoms. The van der Waals surface area contributed by atoms with Crippen molar-refractivity contribution in [3.63, 3.8) is 0 Å². The largest absolute Gasteiger partial charge is 0.394 e. The first-order valence-corrected chi connectivity index (χ1v) is 36.4. The van der Waals surface area contributed by atoms with Gasteiger partial charge in [-0.2, -0.15) is 0 Å². The van der Waals surface area contributed by atoms with E-state index >= 15 is 0 Å². The lowest BCUT2D eigenvalue weighted by atomic mass is 9.99. The lowest BCUT2D eigenvalue weighted by Gasteiger charge is -2.40. The van der Waals surface area contributed by atoms with Crippen molar-refractivity contribution in [2.75, 3.05) is 13.2 Å². The van der Waals surface area contributed by atoms with Gasteiger partial charge in [-0.25, -0.2) is 0 Å². The van der Waals surface area contributed by atoms with Crippen molar-refractivity contribution in [3.8, 4) is 0 Å². The van der Waals surface area contributed by atoms with E-state index in [0.717, 1.165) is 38.5 Å². The standard InChI is InChI=1S/C72H141NO8/c1-3-5-7-9-11-13-15-17-19-21-23-25-26-27-28-29-30-31-32-33-34-35-36-37-38-39-40-41-42-44-46-48-50-52-54-56-58-60-62-68(76)73-65(64-80-72-71(79)70(78)69(77)67(63-74)81-72)66(75)61-59-57-55-53-51-49-47-45-43-24-22-20-18-16-14-12-10-8-6-4-2/h59,61,65-67,69-72,74-75,77-79H,3-58,60,62-64H2,1-2H3,(H,73,76)/b61-59+. The number of allylic oxidation sites excluding steroid dienone is 1. The quantitative estimate of drug-likeness (QED) is 0.0261. The highest BCUT2D eigenvalue weighted by molar-refractivity contribution is 5.76. The summed E-state index contributed by atoms with van der Waals surface area (Å²) < 4.78 is 11.3. The van der Waals surface area contributed by atoms with Gasteiger partial charge in [0.25, 0.3) is 0 Å². The number of ether oxygens (including phenoxy) is 2. The molecule has 9 heteroatoms. The molecule has 1 aliphatic heterocycles. The minimum atomic E-state index is -1.56. The van der Waals surface area contributed by atoms with Crippen LogP contribution in [0.3, 0.4) is 0 Å². The van der Waals surface area contributed by atoms with Crippen molar-refractivity contribution in [2.45, 2.75) is 429 Å². The van der Waals surface area contributed by atoms with E-state index in [-0.39, 0.29) is 12.5 Å². The molecule has 0 saturated carbocycles. The second-order valence-corrected chi connectivity index (χ2v) is 25.8. The van der Waals surface area contributed by atoms with Crippen LogP contribution in [0.1, 0.15) is 386 Å². The second-order valence-electron chi connectivity index (χ2n) is 25.8. The minimum absolute atomic E-state index is 0.167. The van der Waals surface area contributed by atoms with Gasteiger partial charge in [0.15, 0.2) is 6.29 Å². The third-order valence-corrected chi connectivity index (χ3v) is 17.9. The van der Waals surface area contributed by atoms with Gasteiger partial charge in [-0.05, 0) is 19.3 Å². The SMILES string of the molecule is CCCCCCCCCCCCCCCCCCCC/C=C/C(O)C(COC1OC(CO)C(O)C(O)C1O)NC(=O)CCCCCCCCCCCCCCCCCCCCCCCCCCCCCCCCCCCCCCCC. The molecule has 0 radical (unpaired) electrons. The van der Waals surface area contributed by atoms with E-state index < -0.39 is 49.5 Å². The maximum absolute atomic E-state index is 13.1. The fourth-order valence-electron chi connectivity index (χ4n) is 12.2.